The maximum Gasteiger partial charge on any atom is 0.340 e. The van der Waals surface area contributed by atoms with Gasteiger partial charge in [0.15, 0.2) is 0 Å². The highest BCUT2D eigenvalue weighted by molar-refractivity contribution is 7.92. The van der Waals surface area contributed by atoms with Gasteiger partial charge in [-0.15, -0.1) is 0 Å². The van der Waals surface area contributed by atoms with Crippen molar-refractivity contribution in [3.8, 4) is 0 Å². The molecule has 0 bridgehead atoms. The second kappa shape index (κ2) is 7.04. The molecule has 0 radical (unpaired) electrons. The average Bonchev–Trinajstić information content (AvgIpc) is 2.45. The summed E-state index contributed by atoms with van der Waals surface area (Å²) in [6.45, 7) is 2.30. The normalized spacial score (nSPS) is 17.5. The highest BCUT2D eigenvalue weighted by Crippen LogP contribution is 2.28. The van der Waals surface area contributed by atoms with Gasteiger partial charge in [0.05, 0.1) is 17.0 Å². The lowest BCUT2D eigenvalue weighted by Gasteiger charge is -2.35. The van der Waals surface area contributed by atoms with E-state index in [1.54, 1.807) is 6.92 Å². The third-order valence-electron chi connectivity index (χ3n) is 4.00. The standard InChI is InChI=1S/C15H20FNO6S/c1-10-7-11(16)13(14(18)19)12(8-10)17-24(20,21)9-15(22-2)3-5-23-6-4-15/h7-8,17H,3-6,9H2,1-2H3,(H,18,19). The van der Waals surface area contributed by atoms with Crippen molar-refractivity contribution >= 4 is 21.7 Å². The molecule has 1 heterocycles. The number of nitrogens with one attached hydrogen (secondary N) is 1. The molecule has 1 saturated heterocycles. The smallest absolute Gasteiger partial charge is 0.340 e. The van der Waals surface area contributed by atoms with Crippen LogP contribution in [0.5, 0.6) is 0 Å². The minimum Gasteiger partial charge on any atom is -0.478 e. The van der Waals surface area contributed by atoms with E-state index in [9.17, 15) is 17.6 Å². The first-order valence-corrected chi connectivity index (χ1v) is 9.00. The predicted octanol–water partition coefficient (Wildman–Crippen LogP) is 1.77. The van der Waals surface area contributed by atoms with Crippen LogP contribution in [0.3, 0.4) is 0 Å². The van der Waals surface area contributed by atoms with Crippen molar-refractivity contribution in [2.24, 2.45) is 0 Å². The van der Waals surface area contributed by atoms with E-state index in [1.807, 2.05) is 0 Å². The van der Waals surface area contributed by atoms with Gasteiger partial charge in [-0.05, 0) is 24.6 Å². The molecule has 7 nitrogen and oxygen atoms in total. The van der Waals surface area contributed by atoms with Crippen LogP contribution in [0.25, 0.3) is 0 Å². The Labute approximate surface area is 139 Å². The third-order valence-corrected chi connectivity index (χ3v) is 5.44. The quantitative estimate of drug-likeness (QED) is 0.801. The highest BCUT2D eigenvalue weighted by Gasteiger charge is 2.38. The Balaban J connectivity index is 2.31. The van der Waals surface area contributed by atoms with Crippen LogP contribution in [0.2, 0.25) is 0 Å². The fraction of sp³-hybridized carbons (Fsp3) is 0.533. The van der Waals surface area contributed by atoms with Gasteiger partial charge < -0.3 is 14.6 Å². The summed E-state index contributed by atoms with van der Waals surface area (Å²) in [5.74, 6) is -2.90. The average molecular weight is 361 g/mol. The minimum atomic E-state index is -3.95. The molecule has 1 aromatic carbocycles. The number of anilines is 1. The van der Waals surface area contributed by atoms with Crippen LogP contribution in [0.1, 0.15) is 28.8 Å². The lowest BCUT2D eigenvalue weighted by molar-refractivity contribution is -0.0749. The molecule has 134 valence electrons. The Morgan fingerprint density at radius 3 is 2.58 bits per heavy atom. The maximum absolute atomic E-state index is 13.9. The number of benzene rings is 1. The fourth-order valence-corrected chi connectivity index (χ4v) is 4.41. The monoisotopic (exact) mass is 361 g/mol. The summed E-state index contributed by atoms with van der Waals surface area (Å²) in [6, 6.07) is 2.32. The SMILES string of the molecule is COC1(CS(=O)(=O)Nc2cc(C)cc(F)c2C(=O)O)CCOCC1. The van der Waals surface area contributed by atoms with E-state index < -0.39 is 33.0 Å². The van der Waals surface area contributed by atoms with E-state index in [0.717, 1.165) is 6.07 Å². The number of ether oxygens (including phenoxy) is 2. The third kappa shape index (κ3) is 4.22. The van der Waals surface area contributed by atoms with Gasteiger partial charge in [0.2, 0.25) is 10.0 Å². The van der Waals surface area contributed by atoms with Crippen molar-refractivity contribution in [2.75, 3.05) is 30.8 Å². The van der Waals surface area contributed by atoms with E-state index in [4.69, 9.17) is 14.6 Å². The molecule has 0 spiro atoms. The number of hydrogen-bond acceptors (Lipinski definition) is 5. The Hall–Kier alpha value is -1.71. The first-order chi connectivity index (χ1) is 11.2. The molecule has 1 aromatic rings. The van der Waals surface area contributed by atoms with E-state index in [1.165, 1.54) is 13.2 Å². The summed E-state index contributed by atoms with van der Waals surface area (Å²) >= 11 is 0. The van der Waals surface area contributed by atoms with Crippen LogP contribution < -0.4 is 4.72 Å². The molecule has 0 amide bonds. The molecular weight excluding hydrogens is 341 g/mol. The van der Waals surface area contributed by atoms with Crippen LogP contribution in [0.15, 0.2) is 12.1 Å². The number of carboxylic acids is 1. The number of halogens is 1. The number of aromatic carboxylic acids is 1. The van der Waals surface area contributed by atoms with Crippen molar-refractivity contribution < 1.29 is 32.2 Å². The lowest BCUT2D eigenvalue weighted by Crippen LogP contribution is -2.45. The van der Waals surface area contributed by atoms with Crippen LogP contribution in [0.4, 0.5) is 10.1 Å². The molecular formula is C15H20FNO6S. The van der Waals surface area contributed by atoms with Gasteiger partial charge in [-0.1, -0.05) is 0 Å². The van der Waals surface area contributed by atoms with Crippen molar-refractivity contribution in [3.05, 3.63) is 29.1 Å². The van der Waals surface area contributed by atoms with Crippen molar-refractivity contribution in [2.45, 2.75) is 25.4 Å². The Bertz CT molecular complexity index is 728. The second-order valence-corrected chi connectivity index (χ2v) is 7.56. The molecule has 1 aliphatic rings. The van der Waals surface area contributed by atoms with Gasteiger partial charge in [0.1, 0.15) is 11.4 Å². The lowest BCUT2D eigenvalue weighted by atomic mass is 9.97. The second-order valence-electron chi connectivity index (χ2n) is 5.84. The number of sulfonamides is 1. The number of carboxylic acid groups (broad SMARTS) is 1. The Morgan fingerprint density at radius 2 is 2.04 bits per heavy atom. The molecule has 0 aliphatic carbocycles. The zero-order valence-electron chi connectivity index (χ0n) is 13.5. The van der Waals surface area contributed by atoms with E-state index in [0.29, 0.717) is 31.6 Å². The number of carbonyl (C=O) groups is 1. The van der Waals surface area contributed by atoms with E-state index in [-0.39, 0.29) is 11.4 Å². The Kier molecular flexibility index (Phi) is 5.46. The summed E-state index contributed by atoms with van der Waals surface area (Å²) in [5, 5.41) is 9.14. The zero-order chi connectivity index (χ0) is 18.0. The van der Waals surface area contributed by atoms with Gasteiger partial charge >= 0.3 is 5.97 Å². The summed E-state index contributed by atoms with van der Waals surface area (Å²) < 4.78 is 51.6. The summed E-state index contributed by atoms with van der Waals surface area (Å²) in [5.41, 5.74) is -1.50. The van der Waals surface area contributed by atoms with Gasteiger partial charge in [0, 0.05) is 33.2 Å². The Morgan fingerprint density at radius 1 is 1.42 bits per heavy atom. The van der Waals surface area contributed by atoms with Crippen molar-refractivity contribution in [3.63, 3.8) is 0 Å². The number of methoxy groups -OCH3 is 1. The summed E-state index contributed by atoms with van der Waals surface area (Å²) in [7, 11) is -2.53. The molecule has 9 heteroatoms. The molecule has 24 heavy (non-hydrogen) atoms. The van der Waals surface area contributed by atoms with Crippen LogP contribution in [-0.4, -0.2) is 51.2 Å². The van der Waals surface area contributed by atoms with Crippen LogP contribution in [-0.2, 0) is 19.5 Å². The molecule has 0 atom stereocenters. The highest BCUT2D eigenvalue weighted by atomic mass is 32.2. The number of aryl methyl sites for hydroxylation is 1. The topological polar surface area (TPSA) is 102 Å². The van der Waals surface area contributed by atoms with Gasteiger partial charge in [-0.25, -0.2) is 17.6 Å². The number of rotatable bonds is 6. The molecule has 0 saturated carbocycles. The van der Waals surface area contributed by atoms with Gasteiger partial charge in [-0.3, -0.25) is 4.72 Å². The predicted molar refractivity (Wildman–Crippen MR) is 85.3 cm³/mol. The zero-order valence-corrected chi connectivity index (χ0v) is 14.3. The first-order valence-electron chi connectivity index (χ1n) is 7.35. The van der Waals surface area contributed by atoms with Crippen molar-refractivity contribution in [1.29, 1.82) is 0 Å². The summed E-state index contributed by atoms with van der Waals surface area (Å²) in [6.07, 6.45) is 0.802. The molecule has 1 aliphatic heterocycles. The first kappa shape index (κ1) is 18.6. The van der Waals surface area contributed by atoms with Gasteiger partial charge in [0.25, 0.3) is 0 Å². The largest absolute Gasteiger partial charge is 0.478 e. The van der Waals surface area contributed by atoms with Crippen LogP contribution >= 0.6 is 0 Å². The van der Waals surface area contributed by atoms with Crippen LogP contribution in [0, 0.1) is 12.7 Å². The molecule has 0 unspecified atom stereocenters. The van der Waals surface area contributed by atoms with Gasteiger partial charge in [-0.2, -0.15) is 0 Å². The van der Waals surface area contributed by atoms with Crippen molar-refractivity contribution in [1.82, 2.24) is 0 Å². The molecule has 2 N–H and O–H groups in total. The maximum atomic E-state index is 13.9. The molecule has 0 aromatic heterocycles. The fourth-order valence-electron chi connectivity index (χ4n) is 2.74. The minimum absolute atomic E-state index is 0.293. The van der Waals surface area contributed by atoms with E-state index >= 15 is 0 Å². The molecule has 2 rings (SSSR count). The number of hydrogen-bond donors (Lipinski definition) is 2. The van der Waals surface area contributed by atoms with E-state index in [2.05, 4.69) is 4.72 Å². The summed E-state index contributed by atoms with van der Waals surface area (Å²) in [4.78, 5) is 11.2. The molecule has 1 fully saturated rings.